The first-order valence-electron chi connectivity index (χ1n) is 6.42. The van der Waals surface area contributed by atoms with Crippen LogP contribution in [0.3, 0.4) is 0 Å². The molecule has 1 aliphatic heterocycles. The van der Waals surface area contributed by atoms with Gasteiger partial charge in [0.2, 0.25) is 11.8 Å². The average molecular weight is 268 g/mol. The van der Waals surface area contributed by atoms with Crippen LogP contribution in [-0.2, 0) is 9.59 Å². The van der Waals surface area contributed by atoms with E-state index >= 15 is 0 Å². The Morgan fingerprint density at radius 3 is 2.58 bits per heavy atom. The summed E-state index contributed by atoms with van der Waals surface area (Å²) in [4.78, 5) is 27.4. The molecule has 0 spiro atoms. The fraction of sp³-hybridized carbons (Fsp3) is 0.750. The second-order valence-electron chi connectivity index (χ2n) is 5.62. The molecule has 0 radical (unpaired) electrons. The summed E-state index contributed by atoms with van der Waals surface area (Å²) in [6, 6.07) is 0. The lowest BCUT2D eigenvalue weighted by atomic mass is 9.61. The molecule has 0 unspecified atom stereocenters. The van der Waals surface area contributed by atoms with Crippen molar-refractivity contribution in [1.29, 1.82) is 0 Å². The Labute approximate surface area is 112 Å². The van der Waals surface area contributed by atoms with E-state index < -0.39 is 5.41 Å². The number of carbonyl (C=O) groups excluding carboxylic acids is 2. The number of hydrogen-bond donors (Lipinski definition) is 2. The minimum absolute atomic E-state index is 0.0398. The van der Waals surface area contributed by atoms with Gasteiger partial charge in [0.05, 0.1) is 6.54 Å². The van der Waals surface area contributed by atoms with Gasteiger partial charge in [0.25, 0.3) is 0 Å². The minimum Gasteiger partial charge on any atom is -0.409 e. The van der Waals surface area contributed by atoms with Crippen LogP contribution in [0.4, 0.5) is 0 Å². The predicted octanol–water partition coefficient (Wildman–Crippen LogP) is -0.550. The Morgan fingerprint density at radius 1 is 1.47 bits per heavy atom. The van der Waals surface area contributed by atoms with E-state index in [9.17, 15) is 9.59 Å². The lowest BCUT2D eigenvalue weighted by Gasteiger charge is -2.47. The summed E-state index contributed by atoms with van der Waals surface area (Å²) < 4.78 is 0. The largest absolute Gasteiger partial charge is 0.409 e. The van der Waals surface area contributed by atoms with Crippen molar-refractivity contribution in [2.24, 2.45) is 22.2 Å². The molecule has 1 heterocycles. The first-order chi connectivity index (χ1) is 8.90. The SMILES string of the molecule is CC1CC(C(=O)N2CCN(C)C(=O)C2)(C(N)=NO)C1. The Kier molecular flexibility index (Phi) is 3.38. The maximum Gasteiger partial charge on any atom is 0.241 e. The number of carbonyl (C=O) groups is 2. The molecular weight excluding hydrogens is 248 g/mol. The van der Waals surface area contributed by atoms with Crippen LogP contribution in [0.15, 0.2) is 5.16 Å². The Bertz CT molecular complexity index is 429. The van der Waals surface area contributed by atoms with Gasteiger partial charge in [0.15, 0.2) is 5.84 Å². The van der Waals surface area contributed by atoms with Crippen LogP contribution in [-0.4, -0.2) is 59.3 Å². The molecule has 1 saturated carbocycles. The number of oxime groups is 1. The third kappa shape index (κ3) is 2.13. The van der Waals surface area contributed by atoms with E-state index in [0.717, 1.165) is 0 Å². The molecule has 1 saturated heterocycles. The third-order valence-corrected chi connectivity index (χ3v) is 4.15. The van der Waals surface area contributed by atoms with Crippen LogP contribution < -0.4 is 5.73 Å². The van der Waals surface area contributed by atoms with E-state index in [1.54, 1.807) is 11.9 Å². The van der Waals surface area contributed by atoms with E-state index in [4.69, 9.17) is 10.9 Å². The molecule has 7 heteroatoms. The maximum absolute atomic E-state index is 12.6. The van der Waals surface area contributed by atoms with Gasteiger partial charge >= 0.3 is 0 Å². The molecule has 0 aromatic heterocycles. The molecule has 3 N–H and O–H groups in total. The highest BCUT2D eigenvalue weighted by Crippen LogP contribution is 2.47. The van der Waals surface area contributed by atoms with Gasteiger partial charge in [-0.25, -0.2) is 0 Å². The first-order valence-corrected chi connectivity index (χ1v) is 6.42. The first kappa shape index (κ1) is 13.6. The quantitative estimate of drug-likeness (QED) is 0.304. The molecule has 19 heavy (non-hydrogen) atoms. The van der Waals surface area contributed by atoms with Crippen molar-refractivity contribution in [3.8, 4) is 0 Å². The van der Waals surface area contributed by atoms with Gasteiger partial charge < -0.3 is 20.7 Å². The smallest absolute Gasteiger partial charge is 0.241 e. The van der Waals surface area contributed by atoms with Gasteiger partial charge in [0, 0.05) is 20.1 Å². The second-order valence-corrected chi connectivity index (χ2v) is 5.62. The van der Waals surface area contributed by atoms with Crippen molar-refractivity contribution >= 4 is 17.6 Å². The number of amidine groups is 1. The van der Waals surface area contributed by atoms with Crippen LogP contribution in [0.25, 0.3) is 0 Å². The lowest BCUT2D eigenvalue weighted by molar-refractivity contribution is -0.152. The van der Waals surface area contributed by atoms with Crippen LogP contribution in [0.2, 0.25) is 0 Å². The Balaban J connectivity index is 2.16. The number of hydrogen-bond acceptors (Lipinski definition) is 4. The van der Waals surface area contributed by atoms with Gasteiger partial charge in [-0.2, -0.15) is 0 Å². The summed E-state index contributed by atoms with van der Waals surface area (Å²) in [6.07, 6.45) is 1.14. The molecule has 106 valence electrons. The normalized spacial score (nSPS) is 32.2. The van der Waals surface area contributed by atoms with Gasteiger partial charge in [-0.15, -0.1) is 0 Å². The summed E-state index contributed by atoms with van der Waals surface area (Å²) in [7, 11) is 1.72. The van der Waals surface area contributed by atoms with Gasteiger partial charge in [-0.3, -0.25) is 9.59 Å². The van der Waals surface area contributed by atoms with E-state index in [1.165, 1.54) is 4.90 Å². The van der Waals surface area contributed by atoms with Gasteiger partial charge in [0.1, 0.15) is 5.41 Å². The highest BCUT2D eigenvalue weighted by Gasteiger charge is 2.54. The standard InChI is InChI=1S/C12H20N4O3/c1-8-5-12(6-8,10(13)14-19)11(18)16-4-3-15(2)9(17)7-16/h8,19H,3-7H2,1-2H3,(H2,13,14). The number of nitrogens with zero attached hydrogens (tertiary/aromatic N) is 3. The molecule has 7 nitrogen and oxygen atoms in total. The summed E-state index contributed by atoms with van der Waals surface area (Å²) >= 11 is 0. The zero-order chi connectivity index (χ0) is 14.2. The lowest BCUT2D eigenvalue weighted by Crippen LogP contribution is -2.61. The van der Waals surface area contributed by atoms with Crippen molar-refractivity contribution < 1.29 is 14.8 Å². The van der Waals surface area contributed by atoms with Crippen LogP contribution in [0, 0.1) is 11.3 Å². The van der Waals surface area contributed by atoms with Crippen molar-refractivity contribution in [3.05, 3.63) is 0 Å². The summed E-state index contributed by atoms with van der Waals surface area (Å²) in [5.74, 6) is 0.0540. The van der Waals surface area contributed by atoms with Crippen molar-refractivity contribution in [3.63, 3.8) is 0 Å². The van der Waals surface area contributed by atoms with Crippen LogP contribution in [0.5, 0.6) is 0 Å². The minimum atomic E-state index is -0.912. The summed E-state index contributed by atoms with van der Waals surface area (Å²) in [5, 5.41) is 11.9. The molecule has 2 aliphatic rings. The predicted molar refractivity (Wildman–Crippen MR) is 68.5 cm³/mol. The monoisotopic (exact) mass is 268 g/mol. The molecule has 2 fully saturated rings. The number of rotatable bonds is 2. The maximum atomic E-state index is 12.6. The fourth-order valence-electron chi connectivity index (χ4n) is 2.95. The second kappa shape index (κ2) is 4.71. The van der Waals surface area contributed by atoms with Gasteiger partial charge in [-0.05, 0) is 18.8 Å². The molecule has 2 amide bonds. The van der Waals surface area contributed by atoms with Crippen LogP contribution in [0.1, 0.15) is 19.8 Å². The van der Waals surface area contributed by atoms with Crippen molar-refractivity contribution in [2.75, 3.05) is 26.7 Å². The average Bonchev–Trinajstić information content (AvgIpc) is 2.36. The number of likely N-dealkylation sites (N-methyl/N-ethyl adjacent to an activating group) is 1. The van der Waals surface area contributed by atoms with Crippen LogP contribution >= 0.6 is 0 Å². The van der Waals surface area contributed by atoms with E-state index in [-0.39, 0.29) is 24.2 Å². The molecule has 0 aromatic rings. The molecule has 0 bridgehead atoms. The van der Waals surface area contributed by atoms with Crippen molar-refractivity contribution in [2.45, 2.75) is 19.8 Å². The number of nitrogens with two attached hydrogens (primary N) is 1. The molecule has 0 aromatic carbocycles. The van der Waals surface area contributed by atoms with Gasteiger partial charge in [-0.1, -0.05) is 12.1 Å². The zero-order valence-corrected chi connectivity index (χ0v) is 11.3. The summed E-state index contributed by atoms with van der Waals surface area (Å²) in [5.41, 5.74) is 4.79. The van der Waals surface area contributed by atoms with E-state index in [1.807, 2.05) is 6.92 Å². The fourth-order valence-corrected chi connectivity index (χ4v) is 2.95. The van der Waals surface area contributed by atoms with Crippen molar-refractivity contribution in [1.82, 2.24) is 9.80 Å². The number of piperazine rings is 1. The van der Waals surface area contributed by atoms with E-state index in [2.05, 4.69) is 5.16 Å². The highest BCUT2D eigenvalue weighted by molar-refractivity contribution is 6.08. The number of amides is 2. The van der Waals surface area contributed by atoms with E-state index in [0.29, 0.717) is 31.8 Å². The zero-order valence-electron chi connectivity index (χ0n) is 11.3. The Morgan fingerprint density at radius 2 is 2.11 bits per heavy atom. The third-order valence-electron chi connectivity index (χ3n) is 4.15. The molecular formula is C12H20N4O3. The molecule has 0 atom stereocenters. The Hall–Kier alpha value is -1.79. The molecule has 1 aliphatic carbocycles. The molecule has 2 rings (SSSR count). The highest BCUT2D eigenvalue weighted by atomic mass is 16.4. The topological polar surface area (TPSA) is 99.2 Å². The summed E-state index contributed by atoms with van der Waals surface area (Å²) in [6.45, 7) is 3.11.